The van der Waals surface area contributed by atoms with Crippen LogP contribution in [0.1, 0.15) is 0 Å². The molecule has 0 aliphatic rings. The smallest absolute Gasteiger partial charge is 0.240 e. The summed E-state index contributed by atoms with van der Waals surface area (Å²) in [4.78, 5) is 13.1. The lowest BCUT2D eigenvalue weighted by Crippen LogP contribution is -1.94. The summed E-state index contributed by atoms with van der Waals surface area (Å²) in [5.74, 6) is 1.67. The number of terminal acetylenes is 1. The largest absolute Gasteiger partial charge is 0.479 e. The zero-order valence-electron chi connectivity index (χ0n) is 7.46. The quantitative estimate of drug-likeness (QED) is 0.450. The van der Waals surface area contributed by atoms with Crippen molar-refractivity contribution in [1.82, 2.24) is 0 Å². The van der Waals surface area contributed by atoms with Gasteiger partial charge in [-0.2, -0.15) is 4.99 Å². The maximum absolute atomic E-state index is 13.1. The third-order valence-electron chi connectivity index (χ3n) is 1.48. The Hall–Kier alpha value is -1.82. The SMILES string of the molecule is C#CCOc1cc(N=C=O)c(F)cc1Cl. The standard InChI is InChI=1S/C10H5ClFNO2/c1-2-3-15-10-5-9(13-6-14)8(12)4-7(10)11/h1,4-5H,3H2. The molecule has 0 fully saturated rings. The second-order valence-electron chi connectivity index (χ2n) is 2.43. The molecule has 0 heterocycles. The summed E-state index contributed by atoms with van der Waals surface area (Å²) in [6.07, 6.45) is 6.20. The highest BCUT2D eigenvalue weighted by Crippen LogP contribution is 2.31. The molecule has 1 rings (SSSR count). The number of halogens is 2. The van der Waals surface area contributed by atoms with E-state index >= 15 is 0 Å². The van der Waals surface area contributed by atoms with Crippen LogP contribution in [0.25, 0.3) is 0 Å². The van der Waals surface area contributed by atoms with Crippen LogP contribution in [0, 0.1) is 18.2 Å². The molecule has 0 amide bonds. The Balaban J connectivity index is 3.12. The van der Waals surface area contributed by atoms with Gasteiger partial charge in [0.15, 0.2) is 5.82 Å². The predicted molar refractivity (Wildman–Crippen MR) is 53.5 cm³/mol. The van der Waals surface area contributed by atoms with Crippen molar-refractivity contribution in [2.24, 2.45) is 4.99 Å². The van der Waals surface area contributed by atoms with Crippen LogP contribution in [0.5, 0.6) is 5.75 Å². The van der Waals surface area contributed by atoms with Crippen molar-refractivity contribution in [2.75, 3.05) is 6.61 Å². The van der Waals surface area contributed by atoms with E-state index in [1.807, 2.05) is 0 Å². The van der Waals surface area contributed by atoms with E-state index in [4.69, 9.17) is 22.8 Å². The van der Waals surface area contributed by atoms with Gasteiger partial charge >= 0.3 is 0 Å². The van der Waals surface area contributed by atoms with Crippen molar-refractivity contribution in [3.05, 3.63) is 23.0 Å². The first-order chi connectivity index (χ1) is 7.19. The summed E-state index contributed by atoms with van der Waals surface area (Å²) >= 11 is 5.66. The van der Waals surface area contributed by atoms with E-state index in [1.165, 1.54) is 12.1 Å². The van der Waals surface area contributed by atoms with Gasteiger partial charge in [-0.05, 0) is 6.07 Å². The number of carbonyl (C=O) groups excluding carboxylic acids is 1. The Bertz CT molecular complexity index is 461. The lowest BCUT2D eigenvalue weighted by Gasteiger charge is -2.05. The maximum atomic E-state index is 13.1. The molecule has 0 aliphatic heterocycles. The molecule has 15 heavy (non-hydrogen) atoms. The maximum Gasteiger partial charge on any atom is 0.240 e. The molecule has 0 saturated heterocycles. The van der Waals surface area contributed by atoms with Crippen LogP contribution in [0.15, 0.2) is 17.1 Å². The number of benzene rings is 1. The van der Waals surface area contributed by atoms with Gasteiger partial charge in [0, 0.05) is 6.07 Å². The first-order valence-corrected chi connectivity index (χ1v) is 4.20. The topological polar surface area (TPSA) is 38.7 Å². The van der Waals surface area contributed by atoms with E-state index in [1.54, 1.807) is 0 Å². The number of hydrogen-bond donors (Lipinski definition) is 0. The van der Waals surface area contributed by atoms with Crippen LogP contribution in [-0.2, 0) is 4.79 Å². The van der Waals surface area contributed by atoms with Crippen molar-refractivity contribution in [3.8, 4) is 18.1 Å². The number of nitrogens with zero attached hydrogens (tertiary/aromatic N) is 1. The summed E-state index contributed by atoms with van der Waals surface area (Å²) in [5, 5.41) is 0.0626. The molecular weight excluding hydrogens is 221 g/mol. The van der Waals surface area contributed by atoms with E-state index in [0.29, 0.717) is 0 Å². The number of isocyanates is 1. The van der Waals surface area contributed by atoms with E-state index in [9.17, 15) is 9.18 Å². The minimum atomic E-state index is -0.726. The zero-order valence-corrected chi connectivity index (χ0v) is 8.21. The average molecular weight is 226 g/mol. The molecule has 0 unspecified atom stereocenters. The third kappa shape index (κ3) is 2.81. The highest BCUT2D eigenvalue weighted by atomic mass is 35.5. The van der Waals surface area contributed by atoms with Gasteiger partial charge < -0.3 is 4.74 Å². The first-order valence-electron chi connectivity index (χ1n) is 3.82. The van der Waals surface area contributed by atoms with Crippen molar-refractivity contribution in [2.45, 2.75) is 0 Å². The van der Waals surface area contributed by atoms with Gasteiger partial charge in [-0.1, -0.05) is 17.5 Å². The molecule has 1 aromatic carbocycles. The van der Waals surface area contributed by atoms with Crippen LogP contribution < -0.4 is 4.74 Å². The van der Waals surface area contributed by atoms with Crippen molar-refractivity contribution in [1.29, 1.82) is 0 Å². The summed E-state index contributed by atoms with van der Waals surface area (Å²) in [7, 11) is 0. The molecule has 0 bridgehead atoms. The Morgan fingerprint density at radius 2 is 2.33 bits per heavy atom. The van der Waals surface area contributed by atoms with Crippen LogP contribution in [0.2, 0.25) is 5.02 Å². The van der Waals surface area contributed by atoms with Gasteiger partial charge in [-0.3, -0.25) is 0 Å². The normalized spacial score (nSPS) is 8.87. The first kappa shape index (κ1) is 11.3. The number of rotatable bonds is 3. The molecule has 0 radical (unpaired) electrons. The number of hydrogen-bond acceptors (Lipinski definition) is 3. The predicted octanol–water partition coefficient (Wildman–Crippen LogP) is 2.46. The molecule has 5 heteroatoms. The lowest BCUT2D eigenvalue weighted by molar-refractivity contribution is 0.370. The van der Waals surface area contributed by atoms with Crippen molar-refractivity contribution < 1.29 is 13.9 Å². The second-order valence-corrected chi connectivity index (χ2v) is 2.84. The number of ether oxygens (including phenoxy) is 1. The third-order valence-corrected chi connectivity index (χ3v) is 1.77. The fourth-order valence-corrected chi connectivity index (χ4v) is 1.09. The van der Waals surface area contributed by atoms with Crippen LogP contribution in [-0.4, -0.2) is 12.7 Å². The molecule has 0 spiro atoms. The Morgan fingerprint density at radius 1 is 1.60 bits per heavy atom. The van der Waals surface area contributed by atoms with Crippen LogP contribution in [0.4, 0.5) is 10.1 Å². The van der Waals surface area contributed by atoms with Gasteiger partial charge in [0.05, 0.1) is 5.02 Å². The Labute approximate surface area is 90.5 Å². The molecule has 0 atom stereocenters. The molecule has 3 nitrogen and oxygen atoms in total. The van der Waals surface area contributed by atoms with Gasteiger partial charge in [0.2, 0.25) is 6.08 Å². The molecule has 1 aromatic rings. The minimum absolute atomic E-state index is 0.00437. The highest BCUT2D eigenvalue weighted by Gasteiger charge is 2.08. The summed E-state index contributed by atoms with van der Waals surface area (Å²) < 4.78 is 18.1. The Morgan fingerprint density at radius 3 is 2.93 bits per heavy atom. The monoisotopic (exact) mass is 225 g/mol. The summed E-state index contributed by atoms with van der Waals surface area (Å²) in [6, 6.07) is 2.17. The number of aliphatic imine (C=N–C) groups is 1. The van der Waals surface area contributed by atoms with Crippen molar-refractivity contribution in [3.63, 3.8) is 0 Å². The van der Waals surface area contributed by atoms with E-state index in [2.05, 4.69) is 10.9 Å². The molecule has 0 N–H and O–H groups in total. The zero-order chi connectivity index (χ0) is 11.3. The van der Waals surface area contributed by atoms with Gasteiger partial charge in [-0.15, -0.1) is 6.42 Å². The van der Waals surface area contributed by atoms with E-state index < -0.39 is 5.82 Å². The molecule has 76 valence electrons. The lowest BCUT2D eigenvalue weighted by atomic mass is 10.3. The fraction of sp³-hybridized carbons (Fsp3) is 0.100. The van der Waals surface area contributed by atoms with E-state index in [0.717, 1.165) is 6.07 Å². The van der Waals surface area contributed by atoms with Gasteiger partial charge in [0.1, 0.15) is 18.0 Å². The average Bonchev–Trinajstić information content (AvgIpc) is 2.20. The van der Waals surface area contributed by atoms with Crippen LogP contribution in [0.3, 0.4) is 0 Å². The molecule has 0 aliphatic carbocycles. The highest BCUT2D eigenvalue weighted by molar-refractivity contribution is 6.32. The van der Waals surface area contributed by atoms with Crippen LogP contribution >= 0.6 is 11.6 Å². The second kappa shape index (κ2) is 5.16. The van der Waals surface area contributed by atoms with Crippen molar-refractivity contribution >= 4 is 23.4 Å². The fourth-order valence-electron chi connectivity index (χ4n) is 0.883. The Kier molecular flexibility index (Phi) is 3.87. The molecule has 0 saturated carbocycles. The molecular formula is C10H5ClFNO2. The summed E-state index contributed by atoms with van der Waals surface area (Å²) in [6.45, 7) is -0.00437. The minimum Gasteiger partial charge on any atom is -0.479 e. The van der Waals surface area contributed by atoms with E-state index in [-0.39, 0.29) is 23.1 Å². The van der Waals surface area contributed by atoms with Gasteiger partial charge in [-0.25, -0.2) is 9.18 Å². The molecule has 0 aromatic heterocycles. The summed E-state index contributed by atoms with van der Waals surface area (Å²) in [5.41, 5.74) is -0.193. The van der Waals surface area contributed by atoms with Gasteiger partial charge in [0.25, 0.3) is 0 Å².